The Morgan fingerprint density at radius 3 is 2.80 bits per heavy atom. The summed E-state index contributed by atoms with van der Waals surface area (Å²) in [5.41, 5.74) is 0. The SMILES string of the molecule is CCCOC(=O)c1sccc1S(=O)(=O)O. The van der Waals surface area contributed by atoms with Crippen LogP contribution in [0.5, 0.6) is 0 Å². The van der Waals surface area contributed by atoms with Gasteiger partial charge >= 0.3 is 5.97 Å². The molecule has 0 aromatic carbocycles. The fraction of sp³-hybridized carbons (Fsp3) is 0.375. The summed E-state index contributed by atoms with van der Waals surface area (Å²) in [5, 5.41) is 1.41. The number of rotatable bonds is 4. The number of carbonyl (C=O) groups excluding carboxylic acids is 1. The first-order chi connectivity index (χ1) is 6.96. The summed E-state index contributed by atoms with van der Waals surface area (Å²) in [5.74, 6) is -0.723. The molecule has 0 bridgehead atoms. The molecule has 0 aliphatic carbocycles. The molecule has 0 saturated heterocycles. The van der Waals surface area contributed by atoms with Gasteiger partial charge in [0, 0.05) is 0 Å². The van der Waals surface area contributed by atoms with Gasteiger partial charge in [-0.25, -0.2) is 4.79 Å². The van der Waals surface area contributed by atoms with E-state index < -0.39 is 21.0 Å². The first-order valence-electron chi connectivity index (χ1n) is 4.19. The van der Waals surface area contributed by atoms with E-state index in [4.69, 9.17) is 9.29 Å². The Morgan fingerprint density at radius 1 is 1.60 bits per heavy atom. The lowest BCUT2D eigenvalue weighted by atomic mass is 10.4. The average molecular weight is 250 g/mol. The second-order valence-corrected chi connectivity index (χ2v) is 5.03. The molecule has 0 aliphatic rings. The molecule has 5 nitrogen and oxygen atoms in total. The third-order valence-corrected chi connectivity index (χ3v) is 3.45. The topological polar surface area (TPSA) is 80.7 Å². The molecule has 1 aromatic rings. The first kappa shape index (κ1) is 12.2. The number of thiophene rings is 1. The molecule has 0 spiro atoms. The van der Waals surface area contributed by atoms with Crippen LogP contribution in [-0.4, -0.2) is 25.5 Å². The molecule has 0 atom stereocenters. The fourth-order valence-electron chi connectivity index (χ4n) is 0.910. The highest BCUT2D eigenvalue weighted by atomic mass is 32.2. The third-order valence-electron chi connectivity index (χ3n) is 1.53. The van der Waals surface area contributed by atoms with Crippen LogP contribution in [0.25, 0.3) is 0 Å². The quantitative estimate of drug-likeness (QED) is 0.648. The number of carbonyl (C=O) groups is 1. The molecule has 7 heteroatoms. The van der Waals surface area contributed by atoms with Gasteiger partial charge in [0.25, 0.3) is 10.1 Å². The summed E-state index contributed by atoms with van der Waals surface area (Å²) in [7, 11) is -4.35. The monoisotopic (exact) mass is 250 g/mol. The van der Waals surface area contributed by atoms with Crippen molar-refractivity contribution in [3.05, 3.63) is 16.3 Å². The normalized spacial score (nSPS) is 11.3. The second-order valence-electron chi connectivity index (χ2n) is 2.72. The Hall–Kier alpha value is -0.920. The molecule has 1 rings (SSSR count). The van der Waals surface area contributed by atoms with E-state index >= 15 is 0 Å². The molecule has 1 heterocycles. The second kappa shape index (κ2) is 4.73. The zero-order valence-electron chi connectivity index (χ0n) is 7.97. The van der Waals surface area contributed by atoms with Gasteiger partial charge in [0.15, 0.2) is 0 Å². The molecule has 0 unspecified atom stereocenters. The van der Waals surface area contributed by atoms with Gasteiger partial charge in [0.1, 0.15) is 9.77 Å². The van der Waals surface area contributed by atoms with E-state index in [1.54, 1.807) is 0 Å². The van der Waals surface area contributed by atoms with E-state index in [1.165, 1.54) is 11.4 Å². The summed E-state index contributed by atoms with van der Waals surface area (Å²) in [6, 6.07) is 1.17. The Bertz CT molecular complexity index is 445. The largest absolute Gasteiger partial charge is 0.461 e. The van der Waals surface area contributed by atoms with Crippen LogP contribution in [0.15, 0.2) is 16.3 Å². The van der Waals surface area contributed by atoms with Crippen molar-refractivity contribution < 1.29 is 22.5 Å². The lowest BCUT2D eigenvalue weighted by molar-refractivity contribution is 0.0506. The molecule has 15 heavy (non-hydrogen) atoms. The van der Waals surface area contributed by atoms with Crippen molar-refractivity contribution in [3.63, 3.8) is 0 Å². The minimum Gasteiger partial charge on any atom is -0.461 e. The van der Waals surface area contributed by atoms with Crippen molar-refractivity contribution in [3.8, 4) is 0 Å². The third kappa shape index (κ3) is 3.01. The van der Waals surface area contributed by atoms with Crippen LogP contribution in [0.2, 0.25) is 0 Å². The highest BCUT2D eigenvalue weighted by Crippen LogP contribution is 2.22. The molecular weight excluding hydrogens is 240 g/mol. The van der Waals surface area contributed by atoms with Crippen LogP contribution in [-0.2, 0) is 14.9 Å². The maximum Gasteiger partial charge on any atom is 0.349 e. The lowest BCUT2D eigenvalue weighted by Crippen LogP contribution is -2.09. The van der Waals surface area contributed by atoms with Crippen molar-refractivity contribution in [1.82, 2.24) is 0 Å². The van der Waals surface area contributed by atoms with Gasteiger partial charge in [-0.05, 0) is 17.9 Å². The molecule has 0 fully saturated rings. The Kier molecular flexibility index (Phi) is 3.83. The summed E-state index contributed by atoms with van der Waals surface area (Å²) in [6.45, 7) is 2.05. The molecule has 1 N–H and O–H groups in total. The maximum absolute atomic E-state index is 11.3. The molecule has 0 aliphatic heterocycles. The predicted molar refractivity (Wildman–Crippen MR) is 54.7 cm³/mol. The zero-order chi connectivity index (χ0) is 11.5. The van der Waals surface area contributed by atoms with E-state index in [2.05, 4.69) is 0 Å². The number of hydrogen-bond acceptors (Lipinski definition) is 5. The highest BCUT2D eigenvalue weighted by Gasteiger charge is 2.22. The van der Waals surface area contributed by atoms with Gasteiger partial charge in [-0.15, -0.1) is 11.3 Å². The lowest BCUT2D eigenvalue weighted by Gasteiger charge is -2.01. The van der Waals surface area contributed by atoms with Crippen LogP contribution in [0.4, 0.5) is 0 Å². The Labute approximate surface area is 91.4 Å². The van der Waals surface area contributed by atoms with Crippen molar-refractivity contribution in [1.29, 1.82) is 0 Å². The van der Waals surface area contributed by atoms with Crippen molar-refractivity contribution in [2.45, 2.75) is 18.2 Å². The van der Waals surface area contributed by atoms with E-state index in [-0.39, 0.29) is 11.5 Å². The standard InChI is InChI=1S/C8H10O5S2/c1-2-4-13-8(9)7-6(3-5-14-7)15(10,11)12/h3,5H,2,4H2,1H3,(H,10,11,12). The van der Waals surface area contributed by atoms with Crippen molar-refractivity contribution in [2.75, 3.05) is 6.61 Å². The molecule has 0 amide bonds. The molecule has 84 valence electrons. The van der Waals surface area contributed by atoms with E-state index in [0.29, 0.717) is 6.42 Å². The van der Waals surface area contributed by atoms with Crippen LogP contribution in [0.3, 0.4) is 0 Å². The first-order valence-corrected chi connectivity index (χ1v) is 6.51. The predicted octanol–water partition coefficient (Wildman–Crippen LogP) is 1.56. The smallest absolute Gasteiger partial charge is 0.349 e. The summed E-state index contributed by atoms with van der Waals surface area (Å²) in [4.78, 5) is 10.9. The Morgan fingerprint density at radius 2 is 2.27 bits per heavy atom. The van der Waals surface area contributed by atoms with Gasteiger partial charge < -0.3 is 4.74 Å². The van der Waals surface area contributed by atoms with E-state index in [0.717, 1.165) is 11.3 Å². The Balaban J connectivity index is 2.96. The van der Waals surface area contributed by atoms with Gasteiger partial charge in [-0.1, -0.05) is 6.92 Å². The average Bonchev–Trinajstić information content (AvgIpc) is 2.61. The molecule has 0 saturated carbocycles. The van der Waals surface area contributed by atoms with Gasteiger partial charge in [0.05, 0.1) is 6.61 Å². The van der Waals surface area contributed by atoms with Crippen LogP contribution in [0, 0.1) is 0 Å². The maximum atomic E-state index is 11.3. The van der Waals surface area contributed by atoms with Gasteiger partial charge in [-0.3, -0.25) is 4.55 Å². The van der Waals surface area contributed by atoms with Crippen molar-refractivity contribution >= 4 is 27.4 Å². The molecular formula is C8H10O5S2. The number of esters is 1. The summed E-state index contributed by atoms with van der Waals surface area (Å²) >= 11 is 0.921. The summed E-state index contributed by atoms with van der Waals surface area (Å²) in [6.07, 6.45) is 0.651. The molecule has 1 aromatic heterocycles. The highest BCUT2D eigenvalue weighted by molar-refractivity contribution is 7.86. The summed E-state index contributed by atoms with van der Waals surface area (Å²) < 4.78 is 35.3. The van der Waals surface area contributed by atoms with Crippen LogP contribution in [0.1, 0.15) is 23.0 Å². The number of ether oxygens (including phenoxy) is 1. The number of hydrogen-bond donors (Lipinski definition) is 1. The fourth-order valence-corrected chi connectivity index (χ4v) is 2.69. The minimum atomic E-state index is -4.35. The molecule has 0 radical (unpaired) electrons. The van der Waals surface area contributed by atoms with Crippen molar-refractivity contribution in [2.24, 2.45) is 0 Å². The van der Waals surface area contributed by atoms with Gasteiger partial charge in [-0.2, -0.15) is 8.42 Å². The van der Waals surface area contributed by atoms with Gasteiger partial charge in [0.2, 0.25) is 0 Å². The van der Waals surface area contributed by atoms with Crippen LogP contribution >= 0.6 is 11.3 Å². The zero-order valence-corrected chi connectivity index (χ0v) is 9.60. The minimum absolute atomic E-state index is 0.0917. The van der Waals surface area contributed by atoms with Crippen LogP contribution < -0.4 is 0 Å². The van der Waals surface area contributed by atoms with E-state index in [9.17, 15) is 13.2 Å². The van der Waals surface area contributed by atoms with E-state index in [1.807, 2.05) is 6.92 Å².